The largest absolute Gasteiger partial charge is 0.301 e. The maximum Gasteiger partial charge on any atom is 0.123 e. The lowest BCUT2D eigenvalue weighted by atomic mass is 9.83. The highest BCUT2D eigenvalue weighted by atomic mass is 19.1. The molecule has 2 aromatic carbocycles. The normalized spacial score (nSPS) is 25.0. The van der Waals surface area contributed by atoms with Crippen molar-refractivity contribution in [1.29, 1.82) is 0 Å². The van der Waals surface area contributed by atoms with Crippen molar-refractivity contribution in [2.45, 2.75) is 69.7 Å². The highest BCUT2D eigenvalue weighted by Crippen LogP contribution is 2.36. The molecule has 2 atom stereocenters. The van der Waals surface area contributed by atoms with E-state index in [0.29, 0.717) is 12.0 Å². The molecule has 2 nitrogen and oxygen atoms in total. The van der Waals surface area contributed by atoms with Gasteiger partial charge >= 0.3 is 0 Å². The van der Waals surface area contributed by atoms with Crippen molar-refractivity contribution in [3.05, 3.63) is 71.3 Å². The number of halogens is 2. The van der Waals surface area contributed by atoms with E-state index in [4.69, 9.17) is 0 Å². The maximum absolute atomic E-state index is 14.1. The van der Waals surface area contributed by atoms with E-state index in [-0.39, 0.29) is 11.6 Å². The first-order chi connectivity index (χ1) is 16.6. The van der Waals surface area contributed by atoms with Gasteiger partial charge in [0.2, 0.25) is 0 Å². The van der Waals surface area contributed by atoms with Crippen LogP contribution >= 0.6 is 0 Å². The number of nitrogens with zero attached hydrogens (tertiary/aromatic N) is 2. The summed E-state index contributed by atoms with van der Waals surface area (Å²) < 4.78 is 27.2. The van der Waals surface area contributed by atoms with Gasteiger partial charge in [-0.3, -0.25) is 4.90 Å². The second-order valence-electron chi connectivity index (χ2n) is 11.1. The molecule has 2 aromatic rings. The summed E-state index contributed by atoms with van der Waals surface area (Å²) in [5.41, 5.74) is 2.42. The van der Waals surface area contributed by atoms with Gasteiger partial charge in [0, 0.05) is 25.0 Å². The molecular weight excluding hydrogens is 426 g/mol. The van der Waals surface area contributed by atoms with E-state index in [2.05, 4.69) is 15.9 Å². The molecule has 34 heavy (non-hydrogen) atoms. The summed E-state index contributed by atoms with van der Waals surface area (Å²) in [6, 6.07) is 14.8. The molecule has 2 saturated heterocycles. The van der Waals surface area contributed by atoms with E-state index < -0.39 is 0 Å². The first kappa shape index (κ1) is 23.9. The van der Waals surface area contributed by atoms with Gasteiger partial charge in [-0.05, 0) is 99.0 Å². The quantitative estimate of drug-likeness (QED) is 0.408. The predicted octanol–water partition coefficient (Wildman–Crippen LogP) is 6.66. The molecule has 3 fully saturated rings. The van der Waals surface area contributed by atoms with Gasteiger partial charge in [-0.1, -0.05) is 49.9 Å². The fourth-order valence-electron chi connectivity index (χ4n) is 6.45. The number of rotatable bonds is 9. The van der Waals surface area contributed by atoms with Crippen LogP contribution in [0.25, 0.3) is 0 Å². The number of hydrogen-bond donors (Lipinski definition) is 0. The van der Waals surface area contributed by atoms with E-state index in [0.717, 1.165) is 44.4 Å². The van der Waals surface area contributed by atoms with Crippen molar-refractivity contribution < 1.29 is 8.78 Å². The van der Waals surface area contributed by atoms with E-state index >= 15 is 0 Å². The average molecular weight is 467 g/mol. The predicted molar refractivity (Wildman–Crippen MR) is 135 cm³/mol. The first-order valence-corrected chi connectivity index (χ1v) is 13.6. The third-order valence-electron chi connectivity index (χ3n) is 8.83. The minimum atomic E-state index is -0.152. The first-order valence-electron chi connectivity index (χ1n) is 13.6. The van der Waals surface area contributed by atoms with Crippen LogP contribution in [0.1, 0.15) is 68.4 Å². The number of benzene rings is 2. The Morgan fingerprint density at radius 1 is 0.794 bits per heavy atom. The summed E-state index contributed by atoms with van der Waals surface area (Å²) in [5.74, 6) is 1.88. The Balaban J connectivity index is 1.14. The van der Waals surface area contributed by atoms with E-state index in [9.17, 15) is 8.78 Å². The molecule has 1 unspecified atom stereocenters. The zero-order chi connectivity index (χ0) is 23.3. The van der Waals surface area contributed by atoms with Gasteiger partial charge in [0.05, 0.1) is 0 Å². The fraction of sp³-hybridized carbons (Fsp3) is 0.600. The second kappa shape index (κ2) is 11.3. The van der Waals surface area contributed by atoms with Crippen molar-refractivity contribution in [2.75, 3.05) is 32.7 Å². The lowest BCUT2D eigenvalue weighted by Gasteiger charge is -2.38. The van der Waals surface area contributed by atoms with Gasteiger partial charge in [0.1, 0.15) is 11.6 Å². The molecule has 184 valence electrons. The van der Waals surface area contributed by atoms with Gasteiger partial charge in [0.15, 0.2) is 0 Å². The Morgan fingerprint density at radius 3 is 2.26 bits per heavy atom. The van der Waals surface area contributed by atoms with Crippen LogP contribution in [0.15, 0.2) is 48.5 Å². The molecule has 4 heteroatoms. The van der Waals surface area contributed by atoms with Gasteiger partial charge in [-0.25, -0.2) is 8.78 Å². The Labute approximate surface area is 204 Å². The molecular formula is C30H40F2N2. The second-order valence-corrected chi connectivity index (χ2v) is 11.1. The zero-order valence-electron chi connectivity index (χ0n) is 20.5. The summed E-state index contributed by atoms with van der Waals surface area (Å²) in [4.78, 5) is 5.38. The van der Waals surface area contributed by atoms with Crippen LogP contribution < -0.4 is 0 Å². The Kier molecular flexibility index (Phi) is 7.96. The lowest BCUT2D eigenvalue weighted by molar-refractivity contribution is 0.121. The summed E-state index contributed by atoms with van der Waals surface area (Å²) >= 11 is 0. The minimum absolute atomic E-state index is 0.107. The molecule has 0 amide bonds. The Bertz CT molecular complexity index is 902. The molecule has 0 spiro atoms. The Hall–Kier alpha value is -1.78. The van der Waals surface area contributed by atoms with Crippen molar-refractivity contribution in [1.82, 2.24) is 9.80 Å². The highest BCUT2D eigenvalue weighted by molar-refractivity contribution is 5.25. The molecule has 0 N–H and O–H groups in total. The van der Waals surface area contributed by atoms with Crippen LogP contribution in [0.5, 0.6) is 0 Å². The van der Waals surface area contributed by atoms with Crippen LogP contribution in [0, 0.1) is 23.5 Å². The monoisotopic (exact) mass is 466 g/mol. The van der Waals surface area contributed by atoms with Crippen LogP contribution in [0.4, 0.5) is 8.78 Å². The summed E-state index contributed by atoms with van der Waals surface area (Å²) in [5, 5.41) is 0. The van der Waals surface area contributed by atoms with Crippen molar-refractivity contribution in [3.8, 4) is 0 Å². The van der Waals surface area contributed by atoms with Gasteiger partial charge in [0.25, 0.3) is 0 Å². The van der Waals surface area contributed by atoms with Crippen molar-refractivity contribution >= 4 is 0 Å². The molecule has 1 aliphatic carbocycles. The summed E-state index contributed by atoms with van der Waals surface area (Å²) in [6.45, 7) is 5.72. The topological polar surface area (TPSA) is 6.48 Å². The molecule has 2 heterocycles. The summed E-state index contributed by atoms with van der Waals surface area (Å²) in [6.07, 6.45) is 11.6. The number of likely N-dealkylation sites (tertiary alicyclic amines) is 2. The van der Waals surface area contributed by atoms with E-state index in [1.807, 2.05) is 18.2 Å². The molecule has 3 aliphatic rings. The standard InChI is InChI=1S/C30H40F2N2/c31-27-12-10-24(11-13-27)6-2-7-25-15-18-34(19-16-25)30-22-33(17-14-23-4-1-5-23)21-29(30)26-8-3-9-28(32)20-26/h3,8-13,20,23,25,29-30H,1-2,4-7,14-19,21-22H2/t29-,30?/m1/s1. The molecule has 0 radical (unpaired) electrons. The SMILES string of the molecule is Fc1ccc(CCCC2CCN(C3CN(CCC4CCC4)C[C@@H]3c3cccc(F)c3)CC2)cc1. The fourth-order valence-corrected chi connectivity index (χ4v) is 6.45. The molecule has 5 rings (SSSR count). The minimum Gasteiger partial charge on any atom is -0.301 e. The van der Waals surface area contributed by atoms with Crippen LogP contribution in [0.2, 0.25) is 0 Å². The Morgan fingerprint density at radius 2 is 1.56 bits per heavy atom. The zero-order valence-corrected chi connectivity index (χ0v) is 20.5. The third kappa shape index (κ3) is 6.07. The van der Waals surface area contributed by atoms with Gasteiger partial charge in [-0.15, -0.1) is 0 Å². The lowest BCUT2D eigenvalue weighted by Crippen LogP contribution is -2.45. The number of hydrogen-bond acceptors (Lipinski definition) is 2. The molecule has 1 saturated carbocycles. The smallest absolute Gasteiger partial charge is 0.123 e. The summed E-state index contributed by atoms with van der Waals surface area (Å²) in [7, 11) is 0. The van der Waals surface area contributed by atoms with Crippen LogP contribution in [-0.2, 0) is 6.42 Å². The van der Waals surface area contributed by atoms with Crippen LogP contribution in [-0.4, -0.2) is 48.6 Å². The number of piperidine rings is 1. The third-order valence-corrected chi connectivity index (χ3v) is 8.83. The van der Waals surface area contributed by atoms with Crippen LogP contribution in [0.3, 0.4) is 0 Å². The van der Waals surface area contributed by atoms with Gasteiger partial charge in [-0.2, -0.15) is 0 Å². The van der Waals surface area contributed by atoms with Crippen molar-refractivity contribution in [2.24, 2.45) is 11.8 Å². The molecule has 2 aliphatic heterocycles. The van der Waals surface area contributed by atoms with E-state index in [1.165, 1.54) is 69.0 Å². The van der Waals surface area contributed by atoms with Crippen molar-refractivity contribution in [3.63, 3.8) is 0 Å². The molecule has 0 aromatic heterocycles. The highest BCUT2D eigenvalue weighted by Gasteiger charge is 2.39. The maximum atomic E-state index is 14.1. The van der Waals surface area contributed by atoms with Gasteiger partial charge < -0.3 is 4.90 Å². The van der Waals surface area contributed by atoms with E-state index in [1.54, 1.807) is 24.3 Å². The molecule has 0 bridgehead atoms. The average Bonchev–Trinajstić information content (AvgIpc) is 3.24. The number of aryl methyl sites for hydroxylation is 1.